The van der Waals surface area contributed by atoms with Crippen LogP contribution in [-0.4, -0.2) is 36.4 Å². The van der Waals surface area contributed by atoms with E-state index in [2.05, 4.69) is 50.4 Å². The first kappa shape index (κ1) is 25.4. The first-order valence-electron chi connectivity index (χ1n) is 11.6. The third-order valence-corrected chi connectivity index (χ3v) is 5.76. The molecule has 0 heterocycles. The van der Waals surface area contributed by atoms with Crippen LogP contribution in [0.5, 0.6) is 5.75 Å². The molecule has 1 N–H and O–H groups in total. The zero-order valence-corrected chi connectivity index (χ0v) is 20.2. The molecule has 1 atom stereocenters. The van der Waals surface area contributed by atoms with Crippen LogP contribution in [0.1, 0.15) is 69.6 Å². The van der Waals surface area contributed by atoms with E-state index in [-0.39, 0.29) is 11.8 Å². The molecule has 2 amide bonds. The van der Waals surface area contributed by atoms with Gasteiger partial charge in [0.15, 0.2) is 0 Å². The predicted molar refractivity (Wildman–Crippen MR) is 130 cm³/mol. The third-order valence-electron chi connectivity index (χ3n) is 5.76. The van der Waals surface area contributed by atoms with Gasteiger partial charge in [0.05, 0.1) is 7.11 Å². The van der Waals surface area contributed by atoms with E-state index in [1.54, 1.807) is 18.9 Å². The van der Waals surface area contributed by atoms with Gasteiger partial charge in [-0.25, -0.2) is 0 Å². The summed E-state index contributed by atoms with van der Waals surface area (Å²) in [4.78, 5) is 27.6. The molecule has 0 saturated heterocycles. The van der Waals surface area contributed by atoms with Crippen molar-refractivity contribution in [2.75, 3.05) is 13.7 Å². The van der Waals surface area contributed by atoms with Crippen LogP contribution in [0.4, 0.5) is 0 Å². The highest BCUT2D eigenvalue weighted by Crippen LogP contribution is 2.19. The standard InChI is InChI=1S/C27H38N2O3/c1-6-7-17-28-27(31)21(4)29(19-23-9-8-10-25(18-23)32-5)26(30)16-13-22-11-14-24(15-12-22)20(2)3/h8-12,14-15,18,20-21H,6-7,13,16-17,19H2,1-5H3,(H,28,31)/t21-/m1/s1. The van der Waals surface area contributed by atoms with E-state index in [1.165, 1.54) is 5.56 Å². The van der Waals surface area contributed by atoms with Crippen LogP contribution in [0.25, 0.3) is 0 Å². The zero-order valence-electron chi connectivity index (χ0n) is 20.2. The molecule has 0 radical (unpaired) electrons. The molecule has 2 aromatic rings. The van der Waals surface area contributed by atoms with Gasteiger partial charge in [0.1, 0.15) is 11.8 Å². The normalized spacial score (nSPS) is 11.8. The molecule has 0 aromatic heterocycles. The van der Waals surface area contributed by atoms with Gasteiger partial charge in [0.25, 0.3) is 0 Å². The Balaban J connectivity index is 2.12. The van der Waals surface area contributed by atoms with Gasteiger partial charge in [-0.2, -0.15) is 0 Å². The van der Waals surface area contributed by atoms with Gasteiger partial charge in [0.2, 0.25) is 11.8 Å². The monoisotopic (exact) mass is 438 g/mol. The number of ether oxygens (including phenoxy) is 1. The molecule has 0 fully saturated rings. The second kappa shape index (κ2) is 12.9. The van der Waals surface area contributed by atoms with Gasteiger partial charge in [-0.05, 0) is 54.5 Å². The average Bonchev–Trinajstić information content (AvgIpc) is 2.81. The first-order chi connectivity index (χ1) is 15.3. The number of carbonyl (C=O) groups is 2. The summed E-state index contributed by atoms with van der Waals surface area (Å²) in [5.74, 6) is 1.08. The molecule has 0 bridgehead atoms. The van der Waals surface area contributed by atoms with Crippen LogP contribution < -0.4 is 10.1 Å². The van der Waals surface area contributed by atoms with Crippen molar-refractivity contribution >= 4 is 11.8 Å². The second-order valence-electron chi connectivity index (χ2n) is 8.59. The minimum absolute atomic E-state index is 0.0288. The Morgan fingerprint density at radius 2 is 1.75 bits per heavy atom. The van der Waals surface area contributed by atoms with Crippen molar-refractivity contribution in [2.24, 2.45) is 0 Å². The number of benzene rings is 2. The molecule has 2 rings (SSSR count). The molecule has 5 nitrogen and oxygen atoms in total. The molecule has 0 unspecified atom stereocenters. The van der Waals surface area contributed by atoms with Crippen LogP contribution in [0.15, 0.2) is 48.5 Å². The predicted octanol–water partition coefficient (Wildman–Crippen LogP) is 5.08. The van der Waals surface area contributed by atoms with Gasteiger partial charge in [-0.3, -0.25) is 9.59 Å². The first-order valence-corrected chi connectivity index (χ1v) is 11.6. The van der Waals surface area contributed by atoms with Crippen molar-refractivity contribution in [2.45, 2.75) is 71.9 Å². The fourth-order valence-corrected chi connectivity index (χ4v) is 3.55. The largest absolute Gasteiger partial charge is 0.497 e. The summed E-state index contributed by atoms with van der Waals surface area (Å²) in [6, 6.07) is 15.5. The maximum Gasteiger partial charge on any atom is 0.242 e. The molecule has 32 heavy (non-hydrogen) atoms. The molecular formula is C27H38N2O3. The van der Waals surface area contributed by atoms with Gasteiger partial charge in [0, 0.05) is 19.5 Å². The Kier molecular flexibility index (Phi) is 10.3. The molecule has 2 aromatic carbocycles. The quantitative estimate of drug-likeness (QED) is 0.470. The van der Waals surface area contributed by atoms with E-state index >= 15 is 0 Å². The van der Waals surface area contributed by atoms with Crippen LogP contribution in [0.2, 0.25) is 0 Å². The average molecular weight is 439 g/mol. The molecule has 0 saturated carbocycles. The summed E-state index contributed by atoms with van der Waals surface area (Å²) in [6.07, 6.45) is 2.94. The van der Waals surface area contributed by atoms with E-state index in [1.807, 2.05) is 24.3 Å². The highest BCUT2D eigenvalue weighted by Gasteiger charge is 2.25. The van der Waals surface area contributed by atoms with E-state index in [0.29, 0.717) is 31.8 Å². The topological polar surface area (TPSA) is 58.6 Å². The number of carbonyl (C=O) groups excluding carboxylic acids is 2. The third kappa shape index (κ3) is 7.70. The van der Waals surface area contributed by atoms with E-state index in [4.69, 9.17) is 4.74 Å². The summed E-state index contributed by atoms with van der Waals surface area (Å²) < 4.78 is 5.32. The Labute approximate surface area is 193 Å². The number of amides is 2. The maximum atomic E-state index is 13.2. The molecule has 0 aliphatic rings. The molecule has 0 spiro atoms. The van der Waals surface area contributed by atoms with Crippen LogP contribution in [0, 0.1) is 0 Å². The second-order valence-corrected chi connectivity index (χ2v) is 8.59. The Bertz CT molecular complexity index is 861. The number of nitrogens with zero attached hydrogens (tertiary/aromatic N) is 1. The van der Waals surface area contributed by atoms with Crippen LogP contribution in [0.3, 0.4) is 0 Å². The van der Waals surface area contributed by atoms with Gasteiger partial charge in [-0.1, -0.05) is 63.6 Å². The lowest BCUT2D eigenvalue weighted by Crippen LogP contribution is -2.47. The number of hydrogen-bond acceptors (Lipinski definition) is 3. The minimum Gasteiger partial charge on any atom is -0.497 e. The van der Waals surface area contributed by atoms with Crippen molar-refractivity contribution in [1.82, 2.24) is 10.2 Å². The maximum absolute atomic E-state index is 13.2. The molecule has 174 valence electrons. The molecule has 5 heteroatoms. The number of rotatable bonds is 12. The van der Waals surface area contributed by atoms with E-state index in [0.717, 1.165) is 29.7 Å². The Hall–Kier alpha value is -2.82. The van der Waals surface area contributed by atoms with Gasteiger partial charge < -0.3 is 15.0 Å². The summed E-state index contributed by atoms with van der Waals surface area (Å²) in [5.41, 5.74) is 3.36. The number of nitrogens with one attached hydrogen (secondary N) is 1. The number of aryl methyl sites for hydroxylation is 1. The van der Waals surface area contributed by atoms with Crippen molar-refractivity contribution in [1.29, 1.82) is 0 Å². The number of unbranched alkanes of at least 4 members (excludes halogenated alkanes) is 1. The van der Waals surface area contributed by atoms with Gasteiger partial charge >= 0.3 is 0 Å². The fourth-order valence-electron chi connectivity index (χ4n) is 3.55. The summed E-state index contributed by atoms with van der Waals surface area (Å²) in [7, 11) is 1.62. The summed E-state index contributed by atoms with van der Waals surface area (Å²) in [6.45, 7) is 9.22. The van der Waals surface area contributed by atoms with Crippen molar-refractivity contribution in [3.05, 3.63) is 65.2 Å². The van der Waals surface area contributed by atoms with E-state index in [9.17, 15) is 9.59 Å². The van der Waals surface area contributed by atoms with Crippen molar-refractivity contribution < 1.29 is 14.3 Å². The summed E-state index contributed by atoms with van der Waals surface area (Å²) >= 11 is 0. The number of hydrogen-bond donors (Lipinski definition) is 1. The molecular weight excluding hydrogens is 400 g/mol. The number of methoxy groups -OCH3 is 1. The van der Waals surface area contributed by atoms with Gasteiger partial charge in [-0.15, -0.1) is 0 Å². The Morgan fingerprint density at radius 1 is 1.03 bits per heavy atom. The lowest BCUT2D eigenvalue weighted by molar-refractivity contribution is -0.140. The van der Waals surface area contributed by atoms with Crippen LogP contribution >= 0.6 is 0 Å². The summed E-state index contributed by atoms with van der Waals surface area (Å²) in [5, 5.41) is 2.96. The van der Waals surface area contributed by atoms with Crippen molar-refractivity contribution in [3.63, 3.8) is 0 Å². The Morgan fingerprint density at radius 3 is 2.38 bits per heavy atom. The lowest BCUT2D eigenvalue weighted by Gasteiger charge is -2.29. The zero-order chi connectivity index (χ0) is 23.5. The highest BCUT2D eigenvalue weighted by atomic mass is 16.5. The van der Waals surface area contributed by atoms with E-state index < -0.39 is 6.04 Å². The molecule has 0 aliphatic carbocycles. The smallest absolute Gasteiger partial charge is 0.242 e. The minimum atomic E-state index is -0.547. The van der Waals surface area contributed by atoms with Crippen molar-refractivity contribution in [3.8, 4) is 5.75 Å². The highest BCUT2D eigenvalue weighted by molar-refractivity contribution is 5.87. The fraction of sp³-hybridized carbons (Fsp3) is 0.481. The molecule has 0 aliphatic heterocycles. The lowest BCUT2D eigenvalue weighted by atomic mass is 10.00. The SMILES string of the molecule is CCCCNC(=O)[C@@H](C)N(Cc1cccc(OC)c1)C(=O)CCc1ccc(C(C)C)cc1. The van der Waals surface area contributed by atoms with Crippen LogP contribution in [-0.2, 0) is 22.6 Å².